The summed E-state index contributed by atoms with van der Waals surface area (Å²) in [6.07, 6.45) is 6.05. The number of aromatic nitrogens is 2. The Hall–Kier alpha value is -3.08. The molecule has 1 aromatic heterocycles. The van der Waals surface area contributed by atoms with E-state index < -0.39 is 15.1 Å². The molecule has 11 heteroatoms. The van der Waals surface area contributed by atoms with Gasteiger partial charge in [-0.25, -0.2) is 9.97 Å². The van der Waals surface area contributed by atoms with E-state index in [9.17, 15) is 19.4 Å². The number of unbranched alkanes of at least 4 members (excludes halogenated alkanes) is 1. The molecule has 172 valence electrons. The Balaban J connectivity index is 1.61. The highest BCUT2D eigenvalue weighted by molar-refractivity contribution is 8.45. The van der Waals surface area contributed by atoms with Crippen LogP contribution < -0.4 is 4.74 Å². The van der Waals surface area contributed by atoms with Gasteiger partial charge in [0.05, 0.1) is 11.4 Å². The lowest BCUT2D eigenvalue weighted by atomic mass is 10.1. The Morgan fingerprint density at radius 3 is 2.03 bits per heavy atom. The number of aryl methyl sites for hydroxylation is 1. The molecule has 0 radical (unpaired) electrons. The van der Waals surface area contributed by atoms with Gasteiger partial charge in [-0.15, -0.1) is 0 Å². The van der Waals surface area contributed by atoms with Gasteiger partial charge in [-0.05, 0) is 54.8 Å². The Bertz CT molecular complexity index is 1090. The predicted octanol–water partition coefficient (Wildman–Crippen LogP) is 8.47. The van der Waals surface area contributed by atoms with E-state index >= 15 is 0 Å². The minimum Gasteiger partial charge on any atom is -0.473 e. The zero-order valence-corrected chi connectivity index (χ0v) is 17.9. The summed E-state index contributed by atoms with van der Waals surface area (Å²) >= 11 is 0. The summed E-state index contributed by atoms with van der Waals surface area (Å²) in [5.41, 5.74) is 2.25. The molecule has 0 saturated heterocycles. The number of rotatable bonds is 9. The molecule has 32 heavy (non-hydrogen) atoms. The highest BCUT2D eigenvalue weighted by atomic mass is 32.5. The average Bonchev–Trinajstić information content (AvgIpc) is 2.75. The molecule has 0 aliphatic rings. The molecule has 3 aromatic rings. The van der Waals surface area contributed by atoms with Crippen molar-refractivity contribution in [2.45, 2.75) is 37.7 Å². The van der Waals surface area contributed by atoms with Crippen molar-refractivity contribution in [2.75, 3.05) is 0 Å². The molecule has 0 N–H and O–H groups in total. The second-order valence-electron chi connectivity index (χ2n) is 7.07. The number of nitrogens with zero attached hydrogens (tertiary/aromatic N) is 4. The van der Waals surface area contributed by atoms with Crippen molar-refractivity contribution in [3.8, 4) is 5.88 Å². The number of halogens is 5. The number of azo groups is 1. The Morgan fingerprint density at radius 1 is 0.875 bits per heavy atom. The standard InChI is InChI=1S/C21H21F5N4OS/c1-2-3-4-17-13-27-15-28-21(17)31-14-16-5-7-18(8-6-16)29-30-19-9-11-20(12-10-19)32(22,23,24,25)26/h5-13,15H,2-4,14H2,1H3. The van der Waals surface area contributed by atoms with E-state index in [0.717, 1.165) is 42.5 Å². The first-order chi connectivity index (χ1) is 14.9. The molecule has 0 saturated carbocycles. The topological polar surface area (TPSA) is 59.7 Å². The van der Waals surface area contributed by atoms with Gasteiger partial charge in [0.2, 0.25) is 5.88 Å². The van der Waals surface area contributed by atoms with Gasteiger partial charge in [0.15, 0.2) is 0 Å². The molecule has 2 aromatic carbocycles. The monoisotopic (exact) mass is 472 g/mol. The second-order valence-corrected chi connectivity index (χ2v) is 9.48. The Kier molecular flexibility index (Phi) is 6.23. The molecule has 0 aliphatic heterocycles. The molecule has 0 fully saturated rings. The van der Waals surface area contributed by atoms with Gasteiger partial charge >= 0.3 is 10.2 Å². The van der Waals surface area contributed by atoms with Crippen molar-refractivity contribution < 1.29 is 24.2 Å². The van der Waals surface area contributed by atoms with Crippen LogP contribution in [0.25, 0.3) is 0 Å². The molecular formula is C21H21F5N4OS. The molecule has 0 unspecified atom stereocenters. The van der Waals surface area contributed by atoms with Gasteiger partial charge in [-0.3, -0.25) is 0 Å². The van der Waals surface area contributed by atoms with Crippen LogP contribution >= 0.6 is 10.2 Å². The Labute approximate surface area is 182 Å². The number of benzene rings is 2. The molecule has 0 bridgehead atoms. The van der Waals surface area contributed by atoms with Gasteiger partial charge in [0.25, 0.3) is 0 Å². The van der Waals surface area contributed by atoms with Crippen LogP contribution in [0.4, 0.5) is 30.8 Å². The average molecular weight is 472 g/mol. The van der Waals surface area contributed by atoms with Gasteiger partial charge in [-0.1, -0.05) is 44.9 Å². The van der Waals surface area contributed by atoms with Crippen molar-refractivity contribution >= 4 is 21.6 Å². The third kappa shape index (κ3) is 6.71. The van der Waals surface area contributed by atoms with E-state index in [-0.39, 0.29) is 12.3 Å². The van der Waals surface area contributed by atoms with Gasteiger partial charge in [0.1, 0.15) is 17.8 Å². The van der Waals surface area contributed by atoms with Crippen LogP contribution in [0.2, 0.25) is 0 Å². The lowest BCUT2D eigenvalue weighted by molar-refractivity contribution is 0.289. The van der Waals surface area contributed by atoms with E-state index in [4.69, 9.17) is 4.74 Å². The van der Waals surface area contributed by atoms with E-state index in [2.05, 4.69) is 27.1 Å². The third-order valence-corrected chi connectivity index (χ3v) is 5.58. The zero-order chi connectivity index (χ0) is 23.3. The maximum atomic E-state index is 12.7. The molecule has 0 spiro atoms. The van der Waals surface area contributed by atoms with Gasteiger partial charge < -0.3 is 4.74 Å². The minimum atomic E-state index is -9.69. The Morgan fingerprint density at radius 2 is 1.47 bits per heavy atom. The normalized spacial score (nSPS) is 14.2. The van der Waals surface area contributed by atoms with Crippen molar-refractivity contribution in [1.82, 2.24) is 9.97 Å². The summed E-state index contributed by atoms with van der Waals surface area (Å²) in [7, 11) is -9.69. The fourth-order valence-corrected chi connectivity index (χ4v) is 3.36. The van der Waals surface area contributed by atoms with E-state index in [1.165, 1.54) is 6.33 Å². The number of hydrogen-bond acceptors (Lipinski definition) is 5. The quantitative estimate of drug-likeness (QED) is 0.232. The largest absolute Gasteiger partial charge is 0.473 e. The summed E-state index contributed by atoms with van der Waals surface area (Å²) in [5.74, 6) is 0.534. The summed E-state index contributed by atoms with van der Waals surface area (Å²) in [4.78, 5) is 6.24. The third-order valence-electron chi connectivity index (χ3n) is 4.42. The molecule has 1 heterocycles. The van der Waals surface area contributed by atoms with Crippen molar-refractivity contribution in [3.63, 3.8) is 0 Å². The maximum absolute atomic E-state index is 12.7. The van der Waals surface area contributed by atoms with E-state index in [0.29, 0.717) is 23.7 Å². The first kappa shape index (κ1) is 23.6. The molecule has 0 atom stereocenters. The van der Waals surface area contributed by atoms with E-state index in [1.54, 1.807) is 30.5 Å². The lowest BCUT2D eigenvalue weighted by Gasteiger charge is -2.40. The molecule has 0 amide bonds. The number of ether oxygens (including phenoxy) is 1. The molecule has 0 aliphatic carbocycles. The fraction of sp³-hybridized carbons (Fsp3) is 0.238. The van der Waals surface area contributed by atoms with E-state index in [1.807, 2.05) is 0 Å². The van der Waals surface area contributed by atoms with Crippen LogP contribution in [-0.4, -0.2) is 9.97 Å². The van der Waals surface area contributed by atoms with Crippen LogP contribution in [0.5, 0.6) is 5.88 Å². The summed E-state index contributed by atoms with van der Waals surface area (Å²) in [6, 6.07) is 9.13. The van der Waals surface area contributed by atoms with Crippen LogP contribution in [0.15, 0.2) is 76.2 Å². The highest BCUT2D eigenvalue weighted by Crippen LogP contribution is 3.02. The first-order valence-corrected chi connectivity index (χ1v) is 11.7. The summed E-state index contributed by atoms with van der Waals surface area (Å²) < 4.78 is 69.5. The fourth-order valence-electron chi connectivity index (χ4n) is 2.71. The first-order valence-electron chi connectivity index (χ1n) is 9.71. The summed E-state index contributed by atoms with van der Waals surface area (Å²) in [5, 5.41) is 7.70. The van der Waals surface area contributed by atoms with Crippen molar-refractivity contribution in [1.29, 1.82) is 0 Å². The smallest absolute Gasteiger partial charge is 0.310 e. The van der Waals surface area contributed by atoms with Crippen molar-refractivity contribution in [3.05, 3.63) is 72.2 Å². The molecule has 3 rings (SSSR count). The second kappa shape index (κ2) is 8.45. The highest BCUT2D eigenvalue weighted by Gasteiger charge is 2.65. The van der Waals surface area contributed by atoms with Crippen LogP contribution in [0, 0.1) is 0 Å². The van der Waals surface area contributed by atoms with Crippen LogP contribution in [0.3, 0.4) is 0 Å². The van der Waals surface area contributed by atoms with Crippen LogP contribution in [0.1, 0.15) is 30.9 Å². The lowest BCUT2D eigenvalue weighted by Crippen LogP contribution is -2.05. The zero-order valence-electron chi connectivity index (χ0n) is 17.1. The SMILES string of the molecule is CCCCc1cncnc1OCc1ccc(N=Nc2ccc(S(F)(F)(F)(F)F)cc2)cc1. The van der Waals surface area contributed by atoms with Gasteiger partial charge in [0, 0.05) is 11.8 Å². The van der Waals surface area contributed by atoms with Crippen LogP contribution in [-0.2, 0) is 13.0 Å². The van der Waals surface area contributed by atoms with Gasteiger partial charge in [-0.2, -0.15) is 10.2 Å². The minimum absolute atomic E-state index is 0.0198. The predicted molar refractivity (Wildman–Crippen MR) is 113 cm³/mol. The summed E-state index contributed by atoms with van der Waals surface area (Å²) in [6.45, 7) is 2.38. The molecular weight excluding hydrogens is 451 g/mol. The maximum Gasteiger partial charge on any atom is 0.310 e. The molecule has 5 nitrogen and oxygen atoms in total. The van der Waals surface area contributed by atoms with Crippen molar-refractivity contribution in [2.24, 2.45) is 10.2 Å². The number of hydrogen-bond donors (Lipinski definition) is 0.